The summed E-state index contributed by atoms with van der Waals surface area (Å²) in [4.78, 5) is 18.2. The molecule has 0 saturated carbocycles. The molecule has 0 aliphatic carbocycles. The van der Waals surface area contributed by atoms with E-state index in [4.69, 9.17) is 5.73 Å². The Morgan fingerprint density at radius 2 is 2.00 bits per heavy atom. The number of carbonyl (C=O) groups excluding carboxylic acids is 1. The summed E-state index contributed by atoms with van der Waals surface area (Å²) < 4.78 is 0. The number of aromatic amines is 1. The molecule has 0 aliphatic rings. The van der Waals surface area contributed by atoms with Crippen LogP contribution in [-0.4, -0.2) is 15.9 Å². The molecule has 1 heterocycles. The third-order valence-electron chi connectivity index (χ3n) is 2.17. The van der Waals surface area contributed by atoms with Crippen LogP contribution in [0.15, 0.2) is 30.3 Å². The third-order valence-corrected chi connectivity index (χ3v) is 2.17. The summed E-state index contributed by atoms with van der Waals surface area (Å²) in [5.41, 5.74) is 7.12. The summed E-state index contributed by atoms with van der Waals surface area (Å²) in [5.74, 6) is 0.160. The highest BCUT2D eigenvalue weighted by Gasteiger charge is 2.11. The number of H-pyrrole nitrogens is 1. The van der Waals surface area contributed by atoms with Crippen molar-refractivity contribution in [2.45, 2.75) is 6.92 Å². The van der Waals surface area contributed by atoms with Gasteiger partial charge in [0.25, 0.3) is 5.91 Å². The zero-order valence-electron chi connectivity index (χ0n) is 8.32. The quantitative estimate of drug-likeness (QED) is 0.772. The van der Waals surface area contributed by atoms with Gasteiger partial charge in [-0.3, -0.25) is 4.79 Å². The molecule has 0 atom stereocenters. The number of nitrogens with two attached hydrogens (primary N) is 1. The van der Waals surface area contributed by atoms with Gasteiger partial charge in [-0.2, -0.15) is 0 Å². The molecule has 0 spiro atoms. The van der Waals surface area contributed by atoms with Crippen molar-refractivity contribution >= 4 is 5.91 Å². The Balaban J connectivity index is 2.48. The van der Waals surface area contributed by atoms with E-state index in [1.165, 1.54) is 0 Å². The maximum Gasteiger partial charge on any atom is 0.269 e. The van der Waals surface area contributed by atoms with Crippen LogP contribution in [0.3, 0.4) is 0 Å². The van der Waals surface area contributed by atoms with Crippen LogP contribution < -0.4 is 5.73 Å². The number of nitrogens with zero attached hydrogens (tertiary/aromatic N) is 1. The summed E-state index contributed by atoms with van der Waals surface area (Å²) in [6, 6.07) is 9.59. The molecule has 1 aromatic carbocycles. The van der Waals surface area contributed by atoms with Gasteiger partial charge >= 0.3 is 0 Å². The van der Waals surface area contributed by atoms with Gasteiger partial charge in [0.1, 0.15) is 11.5 Å². The van der Waals surface area contributed by atoms with Gasteiger partial charge in [0.2, 0.25) is 0 Å². The number of rotatable bonds is 2. The first kappa shape index (κ1) is 9.45. The molecule has 0 aliphatic heterocycles. The fourth-order valence-corrected chi connectivity index (χ4v) is 1.43. The van der Waals surface area contributed by atoms with Crippen molar-refractivity contribution in [2.24, 2.45) is 5.73 Å². The number of nitrogens with one attached hydrogen (secondary N) is 1. The highest BCUT2D eigenvalue weighted by molar-refractivity contribution is 5.92. The normalized spacial score (nSPS) is 10.2. The fraction of sp³-hybridized carbons (Fsp3) is 0.0909. The number of imidazole rings is 1. The van der Waals surface area contributed by atoms with Crippen LogP contribution in [0.25, 0.3) is 11.4 Å². The van der Waals surface area contributed by atoms with E-state index in [0.717, 1.165) is 5.56 Å². The summed E-state index contributed by atoms with van der Waals surface area (Å²) in [6.45, 7) is 1.78. The fourth-order valence-electron chi connectivity index (χ4n) is 1.43. The Morgan fingerprint density at radius 1 is 1.33 bits per heavy atom. The van der Waals surface area contributed by atoms with E-state index in [1.54, 1.807) is 6.92 Å². The van der Waals surface area contributed by atoms with Crippen molar-refractivity contribution in [3.8, 4) is 11.4 Å². The van der Waals surface area contributed by atoms with Gasteiger partial charge in [-0.05, 0) is 6.92 Å². The van der Waals surface area contributed by atoms with Crippen molar-refractivity contribution in [3.63, 3.8) is 0 Å². The van der Waals surface area contributed by atoms with Gasteiger partial charge in [0, 0.05) is 11.3 Å². The van der Waals surface area contributed by atoms with Gasteiger partial charge in [0.05, 0.1) is 0 Å². The molecule has 1 aromatic heterocycles. The Kier molecular flexibility index (Phi) is 2.25. The second kappa shape index (κ2) is 3.57. The Morgan fingerprint density at radius 3 is 2.53 bits per heavy atom. The Labute approximate surface area is 87.1 Å². The van der Waals surface area contributed by atoms with Crippen molar-refractivity contribution in [3.05, 3.63) is 41.7 Å². The van der Waals surface area contributed by atoms with Crippen molar-refractivity contribution in [2.75, 3.05) is 0 Å². The lowest BCUT2D eigenvalue weighted by atomic mass is 10.2. The average molecular weight is 201 g/mol. The molecule has 3 N–H and O–H groups in total. The van der Waals surface area contributed by atoms with Crippen LogP contribution in [0.2, 0.25) is 0 Å². The molecule has 0 unspecified atom stereocenters. The minimum absolute atomic E-state index is 0.300. The first-order valence-corrected chi connectivity index (χ1v) is 4.60. The van der Waals surface area contributed by atoms with E-state index in [2.05, 4.69) is 9.97 Å². The number of amides is 1. The number of hydrogen-bond acceptors (Lipinski definition) is 2. The summed E-state index contributed by atoms with van der Waals surface area (Å²) in [7, 11) is 0. The smallest absolute Gasteiger partial charge is 0.269 e. The van der Waals surface area contributed by atoms with E-state index in [0.29, 0.717) is 17.2 Å². The van der Waals surface area contributed by atoms with Gasteiger partial charge in [-0.15, -0.1) is 0 Å². The molecule has 0 bridgehead atoms. The van der Waals surface area contributed by atoms with Gasteiger partial charge in [-0.1, -0.05) is 30.3 Å². The van der Waals surface area contributed by atoms with Crippen LogP contribution in [0, 0.1) is 6.92 Å². The highest BCUT2D eigenvalue weighted by Crippen LogP contribution is 2.16. The van der Waals surface area contributed by atoms with Crippen LogP contribution in [0.1, 0.15) is 16.2 Å². The third kappa shape index (κ3) is 1.74. The Bertz CT molecular complexity index is 488. The van der Waals surface area contributed by atoms with Crippen molar-refractivity contribution in [1.82, 2.24) is 9.97 Å². The molecule has 76 valence electrons. The maximum absolute atomic E-state index is 11.0. The predicted octanol–water partition coefficient (Wildman–Crippen LogP) is 1.48. The lowest BCUT2D eigenvalue weighted by molar-refractivity contribution is 0.0995. The van der Waals surface area contributed by atoms with E-state index < -0.39 is 5.91 Å². The number of aromatic nitrogens is 2. The molecule has 2 aromatic rings. The molecular formula is C11H11N3O. The number of carbonyl (C=O) groups is 1. The van der Waals surface area contributed by atoms with Crippen LogP contribution in [-0.2, 0) is 0 Å². The van der Waals surface area contributed by atoms with Crippen LogP contribution in [0.5, 0.6) is 0 Å². The number of benzene rings is 1. The summed E-state index contributed by atoms with van der Waals surface area (Å²) in [5, 5.41) is 0. The van der Waals surface area contributed by atoms with Crippen LogP contribution >= 0.6 is 0 Å². The van der Waals surface area contributed by atoms with Gasteiger partial charge < -0.3 is 10.7 Å². The SMILES string of the molecule is Cc1[nH]c(-c2ccccc2)nc1C(N)=O. The first-order chi connectivity index (χ1) is 7.18. The second-order valence-electron chi connectivity index (χ2n) is 3.29. The lowest BCUT2D eigenvalue weighted by Gasteiger charge is -1.93. The molecule has 4 heteroatoms. The van der Waals surface area contributed by atoms with E-state index in [-0.39, 0.29) is 0 Å². The molecule has 0 fully saturated rings. The van der Waals surface area contributed by atoms with Gasteiger partial charge in [0.15, 0.2) is 0 Å². The monoisotopic (exact) mass is 201 g/mol. The van der Waals surface area contributed by atoms with Crippen molar-refractivity contribution in [1.29, 1.82) is 0 Å². The largest absolute Gasteiger partial charge is 0.364 e. The van der Waals surface area contributed by atoms with E-state index >= 15 is 0 Å². The van der Waals surface area contributed by atoms with E-state index in [9.17, 15) is 4.79 Å². The Hall–Kier alpha value is -2.10. The number of primary amides is 1. The predicted molar refractivity (Wildman–Crippen MR) is 57.3 cm³/mol. The molecular weight excluding hydrogens is 190 g/mol. The molecule has 0 saturated heterocycles. The summed E-state index contributed by atoms with van der Waals surface area (Å²) in [6.07, 6.45) is 0. The lowest BCUT2D eigenvalue weighted by Crippen LogP contribution is -2.12. The number of aryl methyl sites for hydroxylation is 1. The summed E-state index contributed by atoms with van der Waals surface area (Å²) >= 11 is 0. The molecule has 2 rings (SSSR count). The second-order valence-corrected chi connectivity index (χ2v) is 3.29. The molecule has 0 radical (unpaired) electrons. The first-order valence-electron chi connectivity index (χ1n) is 4.60. The van der Waals surface area contributed by atoms with Crippen molar-refractivity contribution < 1.29 is 4.79 Å². The highest BCUT2D eigenvalue weighted by atomic mass is 16.1. The topological polar surface area (TPSA) is 71.8 Å². The zero-order chi connectivity index (χ0) is 10.8. The number of hydrogen-bond donors (Lipinski definition) is 2. The van der Waals surface area contributed by atoms with E-state index in [1.807, 2.05) is 30.3 Å². The maximum atomic E-state index is 11.0. The minimum Gasteiger partial charge on any atom is -0.364 e. The molecule has 1 amide bonds. The van der Waals surface area contributed by atoms with Crippen LogP contribution in [0.4, 0.5) is 0 Å². The minimum atomic E-state index is -0.508. The molecule has 4 nitrogen and oxygen atoms in total. The molecule has 15 heavy (non-hydrogen) atoms. The standard InChI is InChI=1S/C11H11N3O/c1-7-9(10(12)15)14-11(13-7)8-5-3-2-4-6-8/h2-6H,1H3,(H2,12,15)(H,13,14). The average Bonchev–Trinajstić information content (AvgIpc) is 2.62. The van der Waals surface area contributed by atoms with Gasteiger partial charge in [-0.25, -0.2) is 4.98 Å². The zero-order valence-corrected chi connectivity index (χ0v) is 8.32.